The predicted octanol–water partition coefficient (Wildman–Crippen LogP) is 1.86. The first kappa shape index (κ1) is 11.9. The zero-order valence-corrected chi connectivity index (χ0v) is 10.1. The first-order valence-electron chi connectivity index (χ1n) is 6.14. The van der Waals surface area contributed by atoms with Crippen molar-refractivity contribution in [3.05, 3.63) is 24.4 Å². The molecule has 1 aliphatic heterocycles. The van der Waals surface area contributed by atoms with Gasteiger partial charge in [0.05, 0.1) is 12.5 Å². The van der Waals surface area contributed by atoms with E-state index in [4.69, 9.17) is 4.74 Å². The third-order valence-electron chi connectivity index (χ3n) is 3.01. The van der Waals surface area contributed by atoms with Crippen LogP contribution in [-0.2, 0) is 9.53 Å². The second kappa shape index (κ2) is 5.66. The Hall–Kier alpha value is -1.58. The van der Waals surface area contributed by atoms with Crippen LogP contribution in [0.1, 0.15) is 19.8 Å². The quantitative estimate of drug-likeness (QED) is 0.749. The summed E-state index contributed by atoms with van der Waals surface area (Å²) in [5, 5.41) is 0. The Bertz CT molecular complexity index is 367. The maximum atomic E-state index is 11.7. The number of hydrogen-bond donors (Lipinski definition) is 0. The Kier molecular flexibility index (Phi) is 3.96. The molecule has 92 valence electrons. The molecule has 1 unspecified atom stereocenters. The van der Waals surface area contributed by atoms with Gasteiger partial charge in [-0.25, -0.2) is 4.98 Å². The lowest BCUT2D eigenvalue weighted by molar-refractivity contribution is -0.148. The van der Waals surface area contributed by atoms with Gasteiger partial charge in [0.1, 0.15) is 5.82 Å². The molecular formula is C13H18N2O2. The van der Waals surface area contributed by atoms with Gasteiger partial charge in [-0.3, -0.25) is 4.79 Å². The molecular weight excluding hydrogens is 216 g/mol. The number of aromatic nitrogens is 1. The molecule has 0 amide bonds. The van der Waals surface area contributed by atoms with E-state index in [1.807, 2.05) is 25.1 Å². The largest absolute Gasteiger partial charge is 0.466 e. The van der Waals surface area contributed by atoms with Gasteiger partial charge in [-0.15, -0.1) is 0 Å². The highest BCUT2D eigenvalue weighted by Crippen LogP contribution is 2.22. The van der Waals surface area contributed by atoms with E-state index < -0.39 is 0 Å². The minimum absolute atomic E-state index is 0.00861. The molecule has 0 bridgehead atoms. The molecule has 1 fully saturated rings. The monoisotopic (exact) mass is 234 g/mol. The normalized spacial score (nSPS) is 20.1. The van der Waals surface area contributed by atoms with Gasteiger partial charge in [0.2, 0.25) is 0 Å². The van der Waals surface area contributed by atoms with Gasteiger partial charge in [0.25, 0.3) is 0 Å². The molecule has 2 heterocycles. The highest BCUT2D eigenvalue weighted by Gasteiger charge is 2.27. The molecule has 0 radical (unpaired) electrons. The van der Waals surface area contributed by atoms with Crippen LogP contribution in [0.5, 0.6) is 0 Å². The summed E-state index contributed by atoms with van der Waals surface area (Å²) in [6.45, 7) is 3.99. The topological polar surface area (TPSA) is 42.4 Å². The second-order valence-electron chi connectivity index (χ2n) is 4.23. The number of pyridine rings is 1. The van der Waals surface area contributed by atoms with Crippen LogP contribution in [0.4, 0.5) is 5.82 Å². The average molecular weight is 234 g/mol. The molecule has 0 spiro atoms. The fourth-order valence-electron chi connectivity index (χ4n) is 2.18. The summed E-state index contributed by atoms with van der Waals surface area (Å²) in [6, 6.07) is 5.85. The van der Waals surface area contributed by atoms with E-state index in [-0.39, 0.29) is 11.9 Å². The molecule has 0 N–H and O–H groups in total. The molecule has 0 saturated carbocycles. The number of carbonyl (C=O) groups is 1. The van der Waals surface area contributed by atoms with Crippen molar-refractivity contribution in [2.24, 2.45) is 5.92 Å². The number of hydrogen-bond acceptors (Lipinski definition) is 4. The Morgan fingerprint density at radius 3 is 3.18 bits per heavy atom. The van der Waals surface area contributed by atoms with Crippen LogP contribution in [0.15, 0.2) is 24.4 Å². The molecule has 1 aliphatic rings. The molecule has 0 aromatic carbocycles. The van der Waals surface area contributed by atoms with Crippen LogP contribution < -0.4 is 4.90 Å². The van der Waals surface area contributed by atoms with Crippen LogP contribution in [0.2, 0.25) is 0 Å². The zero-order chi connectivity index (χ0) is 12.1. The Labute approximate surface area is 102 Å². The van der Waals surface area contributed by atoms with Gasteiger partial charge >= 0.3 is 5.97 Å². The van der Waals surface area contributed by atoms with Crippen LogP contribution in [-0.4, -0.2) is 30.6 Å². The van der Waals surface area contributed by atoms with Crippen LogP contribution in [0, 0.1) is 5.92 Å². The van der Waals surface area contributed by atoms with E-state index in [1.165, 1.54) is 0 Å². The lowest BCUT2D eigenvalue weighted by atomic mass is 9.98. The second-order valence-corrected chi connectivity index (χ2v) is 4.23. The lowest BCUT2D eigenvalue weighted by Crippen LogP contribution is -2.39. The van der Waals surface area contributed by atoms with E-state index in [2.05, 4.69) is 9.88 Å². The molecule has 1 aromatic heterocycles. The Morgan fingerprint density at radius 2 is 2.47 bits per heavy atom. The van der Waals surface area contributed by atoms with Crippen molar-refractivity contribution in [1.82, 2.24) is 4.98 Å². The van der Waals surface area contributed by atoms with Crippen LogP contribution >= 0.6 is 0 Å². The maximum Gasteiger partial charge on any atom is 0.310 e. The van der Waals surface area contributed by atoms with E-state index >= 15 is 0 Å². The highest BCUT2D eigenvalue weighted by molar-refractivity contribution is 5.73. The van der Waals surface area contributed by atoms with Crippen molar-refractivity contribution >= 4 is 11.8 Å². The summed E-state index contributed by atoms with van der Waals surface area (Å²) in [7, 11) is 0. The standard InChI is InChI=1S/C13H18N2O2/c1-2-17-13(16)11-6-5-9-15(10-11)12-7-3-4-8-14-12/h3-4,7-8,11H,2,5-6,9-10H2,1H3. The average Bonchev–Trinajstić information content (AvgIpc) is 2.40. The van der Waals surface area contributed by atoms with Gasteiger partial charge in [-0.2, -0.15) is 0 Å². The van der Waals surface area contributed by atoms with Gasteiger partial charge in [0, 0.05) is 19.3 Å². The summed E-state index contributed by atoms with van der Waals surface area (Å²) >= 11 is 0. The summed E-state index contributed by atoms with van der Waals surface area (Å²) in [5.41, 5.74) is 0. The van der Waals surface area contributed by atoms with Crippen molar-refractivity contribution < 1.29 is 9.53 Å². The van der Waals surface area contributed by atoms with Gasteiger partial charge in [-0.1, -0.05) is 6.07 Å². The van der Waals surface area contributed by atoms with E-state index in [9.17, 15) is 4.79 Å². The fourth-order valence-corrected chi connectivity index (χ4v) is 2.18. The fraction of sp³-hybridized carbons (Fsp3) is 0.538. The molecule has 17 heavy (non-hydrogen) atoms. The summed E-state index contributed by atoms with van der Waals surface area (Å²) < 4.78 is 5.08. The minimum Gasteiger partial charge on any atom is -0.466 e. The van der Waals surface area contributed by atoms with Crippen molar-refractivity contribution in [2.45, 2.75) is 19.8 Å². The molecule has 1 atom stereocenters. The van der Waals surface area contributed by atoms with E-state index in [1.54, 1.807) is 6.20 Å². The number of piperidine rings is 1. The number of esters is 1. The molecule has 0 aliphatic carbocycles. The van der Waals surface area contributed by atoms with Crippen molar-refractivity contribution in [3.63, 3.8) is 0 Å². The molecule has 2 rings (SSSR count). The Morgan fingerprint density at radius 1 is 1.59 bits per heavy atom. The summed E-state index contributed by atoms with van der Waals surface area (Å²) in [5.74, 6) is 0.861. The third-order valence-corrected chi connectivity index (χ3v) is 3.01. The third kappa shape index (κ3) is 2.96. The van der Waals surface area contributed by atoms with Crippen molar-refractivity contribution in [2.75, 3.05) is 24.6 Å². The number of anilines is 1. The number of ether oxygens (including phenoxy) is 1. The summed E-state index contributed by atoms with van der Waals surface area (Å²) in [4.78, 5) is 18.2. The van der Waals surface area contributed by atoms with Crippen LogP contribution in [0.3, 0.4) is 0 Å². The molecule has 4 nitrogen and oxygen atoms in total. The van der Waals surface area contributed by atoms with Gasteiger partial charge in [-0.05, 0) is 31.9 Å². The molecule has 1 saturated heterocycles. The van der Waals surface area contributed by atoms with Gasteiger partial charge in [0.15, 0.2) is 0 Å². The SMILES string of the molecule is CCOC(=O)C1CCCN(c2ccccn2)C1. The highest BCUT2D eigenvalue weighted by atomic mass is 16.5. The first-order chi connectivity index (χ1) is 8.31. The van der Waals surface area contributed by atoms with Gasteiger partial charge < -0.3 is 9.64 Å². The number of rotatable bonds is 3. The van der Waals surface area contributed by atoms with E-state index in [0.717, 1.165) is 31.7 Å². The van der Waals surface area contributed by atoms with E-state index in [0.29, 0.717) is 6.61 Å². The summed E-state index contributed by atoms with van der Waals surface area (Å²) in [6.07, 6.45) is 3.71. The first-order valence-corrected chi connectivity index (χ1v) is 6.14. The smallest absolute Gasteiger partial charge is 0.310 e. The van der Waals surface area contributed by atoms with Crippen molar-refractivity contribution in [1.29, 1.82) is 0 Å². The molecule has 4 heteroatoms. The maximum absolute atomic E-state index is 11.7. The number of nitrogens with zero attached hydrogens (tertiary/aromatic N) is 2. The van der Waals surface area contributed by atoms with Crippen LogP contribution in [0.25, 0.3) is 0 Å². The predicted molar refractivity (Wildman–Crippen MR) is 65.8 cm³/mol. The Balaban J connectivity index is 2.00. The molecule has 1 aromatic rings. The minimum atomic E-state index is -0.0758. The lowest BCUT2D eigenvalue weighted by Gasteiger charge is -2.32. The number of carbonyl (C=O) groups excluding carboxylic acids is 1. The van der Waals surface area contributed by atoms with Crippen molar-refractivity contribution in [3.8, 4) is 0 Å². The zero-order valence-electron chi connectivity index (χ0n) is 10.1.